The number of likely N-dealkylation sites (N-methyl/N-ethyl adjacent to an activating group) is 1. The van der Waals surface area contributed by atoms with Crippen molar-refractivity contribution >= 4 is 12.2 Å². The molecule has 2 heterocycles. The van der Waals surface area contributed by atoms with Crippen LogP contribution in [0.3, 0.4) is 0 Å². The number of hydrogen-bond donors (Lipinski definition) is 1. The Morgan fingerprint density at radius 3 is 2.67 bits per heavy atom. The van der Waals surface area contributed by atoms with Crippen LogP contribution < -0.4 is 0 Å². The number of aromatic nitrogens is 4. The van der Waals surface area contributed by atoms with Gasteiger partial charge in [-0.1, -0.05) is 0 Å². The van der Waals surface area contributed by atoms with Crippen LogP contribution in [0, 0.1) is 4.77 Å². The Labute approximate surface area is 111 Å². The van der Waals surface area contributed by atoms with Gasteiger partial charge in [-0.15, -0.1) is 0 Å². The predicted octanol–water partition coefficient (Wildman–Crippen LogP) is 2.13. The van der Waals surface area contributed by atoms with E-state index in [0.29, 0.717) is 4.77 Å². The van der Waals surface area contributed by atoms with Crippen molar-refractivity contribution in [2.24, 2.45) is 0 Å². The van der Waals surface area contributed by atoms with E-state index in [-0.39, 0.29) is 6.04 Å². The minimum Gasteiger partial charge on any atom is -0.307 e. The quantitative estimate of drug-likeness (QED) is 0.859. The van der Waals surface area contributed by atoms with Crippen LogP contribution >= 0.6 is 12.2 Å². The summed E-state index contributed by atoms with van der Waals surface area (Å²) in [6, 6.07) is 4.13. The first kappa shape index (κ1) is 12.9. The van der Waals surface area contributed by atoms with Crippen LogP contribution in [0.25, 0.3) is 11.4 Å². The van der Waals surface area contributed by atoms with Crippen LogP contribution in [0.15, 0.2) is 24.5 Å². The summed E-state index contributed by atoms with van der Waals surface area (Å²) in [5.74, 6) is 0.858. The maximum absolute atomic E-state index is 5.31. The first-order valence-electron chi connectivity index (χ1n) is 5.81. The maximum atomic E-state index is 5.31. The lowest BCUT2D eigenvalue weighted by molar-refractivity contribution is 0.336. The van der Waals surface area contributed by atoms with Gasteiger partial charge in [-0.25, -0.2) is 0 Å². The van der Waals surface area contributed by atoms with Crippen LogP contribution in [0.2, 0.25) is 0 Å². The fraction of sp³-hybridized carbons (Fsp3) is 0.417. The minimum atomic E-state index is 0.259. The third-order valence-electron chi connectivity index (χ3n) is 2.71. The van der Waals surface area contributed by atoms with E-state index in [2.05, 4.69) is 27.0 Å². The van der Waals surface area contributed by atoms with E-state index in [0.717, 1.165) is 17.9 Å². The molecule has 1 unspecified atom stereocenters. The lowest BCUT2D eigenvalue weighted by Gasteiger charge is -2.19. The van der Waals surface area contributed by atoms with Gasteiger partial charge >= 0.3 is 0 Å². The highest BCUT2D eigenvalue weighted by atomic mass is 32.1. The third-order valence-corrected chi connectivity index (χ3v) is 3.00. The zero-order valence-corrected chi connectivity index (χ0v) is 11.6. The van der Waals surface area contributed by atoms with Crippen molar-refractivity contribution in [1.29, 1.82) is 0 Å². The summed E-state index contributed by atoms with van der Waals surface area (Å²) in [4.78, 5) is 6.15. The highest BCUT2D eigenvalue weighted by molar-refractivity contribution is 7.71. The number of aromatic amines is 1. The van der Waals surface area contributed by atoms with Gasteiger partial charge in [0.2, 0.25) is 0 Å². The first-order chi connectivity index (χ1) is 8.59. The van der Waals surface area contributed by atoms with Crippen molar-refractivity contribution in [3.8, 4) is 11.4 Å². The Bertz CT molecular complexity index is 557. The van der Waals surface area contributed by atoms with E-state index in [1.54, 1.807) is 12.4 Å². The summed E-state index contributed by atoms with van der Waals surface area (Å²) in [6.07, 6.45) is 3.52. The summed E-state index contributed by atoms with van der Waals surface area (Å²) < 4.78 is 2.70. The molecule has 0 saturated carbocycles. The summed E-state index contributed by atoms with van der Waals surface area (Å²) in [5, 5.41) is 7.18. The molecule has 0 radical (unpaired) electrons. The molecule has 5 nitrogen and oxygen atoms in total. The molecule has 2 aromatic rings. The Morgan fingerprint density at radius 2 is 2.06 bits per heavy atom. The van der Waals surface area contributed by atoms with Gasteiger partial charge in [-0.05, 0) is 45.4 Å². The van der Waals surface area contributed by atoms with Gasteiger partial charge in [0.25, 0.3) is 0 Å². The van der Waals surface area contributed by atoms with Crippen LogP contribution in [0.5, 0.6) is 0 Å². The van der Waals surface area contributed by atoms with E-state index in [9.17, 15) is 0 Å². The largest absolute Gasteiger partial charge is 0.307 e. The van der Waals surface area contributed by atoms with Crippen molar-refractivity contribution in [3.05, 3.63) is 29.3 Å². The fourth-order valence-corrected chi connectivity index (χ4v) is 2.34. The first-order valence-corrected chi connectivity index (χ1v) is 6.22. The molecule has 0 bridgehead atoms. The van der Waals surface area contributed by atoms with Gasteiger partial charge in [0.05, 0.1) is 0 Å². The van der Waals surface area contributed by atoms with Gasteiger partial charge in [-0.2, -0.15) is 5.10 Å². The predicted molar refractivity (Wildman–Crippen MR) is 73.9 cm³/mol. The highest BCUT2D eigenvalue weighted by Crippen LogP contribution is 2.20. The van der Waals surface area contributed by atoms with Crippen molar-refractivity contribution in [1.82, 2.24) is 24.6 Å². The lowest BCUT2D eigenvalue weighted by atomic mass is 10.2. The van der Waals surface area contributed by atoms with Crippen molar-refractivity contribution in [3.63, 3.8) is 0 Å². The van der Waals surface area contributed by atoms with Crippen LogP contribution in [-0.4, -0.2) is 45.3 Å². The summed E-state index contributed by atoms with van der Waals surface area (Å²) >= 11 is 5.31. The molecule has 0 fully saturated rings. The van der Waals surface area contributed by atoms with Gasteiger partial charge in [0.15, 0.2) is 10.6 Å². The van der Waals surface area contributed by atoms with E-state index in [1.807, 2.05) is 30.8 Å². The average molecular weight is 263 g/mol. The van der Waals surface area contributed by atoms with E-state index < -0.39 is 0 Å². The molecule has 0 aromatic carbocycles. The standard InChI is InChI=1S/C12H17N5S/c1-9(8-16(2)3)17-11(14-15-12(17)18)10-4-6-13-7-5-10/h4-7,9H,8H2,1-3H3,(H,15,18). The normalized spacial score (nSPS) is 12.9. The molecule has 0 aliphatic rings. The number of hydrogen-bond acceptors (Lipinski definition) is 4. The number of pyridine rings is 1. The topological polar surface area (TPSA) is 49.7 Å². The molecule has 0 spiro atoms. The molecule has 96 valence electrons. The monoisotopic (exact) mass is 263 g/mol. The minimum absolute atomic E-state index is 0.259. The Morgan fingerprint density at radius 1 is 1.39 bits per heavy atom. The van der Waals surface area contributed by atoms with E-state index >= 15 is 0 Å². The van der Waals surface area contributed by atoms with Gasteiger partial charge < -0.3 is 4.90 Å². The van der Waals surface area contributed by atoms with Crippen molar-refractivity contribution in [2.75, 3.05) is 20.6 Å². The molecule has 0 aliphatic carbocycles. The number of H-pyrrole nitrogens is 1. The molecule has 1 N–H and O–H groups in total. The Hall–Kier alpha value is -1.53. The SMILES string of the molecule is CC(CN(C)C)n1c(-c2ccncc2)n[nH]c1=S. The van der Waals surface area contributed by atoms with Crippen LogP contribution in [-0.2, 0) is 0 Å². The number of nitrogens with zero attached hydrogens (tertiary/aromatic N) is 4. The van der Waals surface area contributed by atoms with Crippen molar-refractivity contribution in [2.45, 2.75) is 13.0 Å². The molecule has 18 heavy (non-hydrogen) atoms. The van der Waals surface area contributed by atoms with E-state index in [4.69, 9.17) is 12.2 Å². The molecule has 1 atom stereocenters. The Balaban J connectivity index is 2.42. The third kappa shape index (κ3) is 2.65. The molecule has 2 aromatic heterocycles. The van der Waals surface area contributed by atoms with E-state index in [1.165, 1.54) is 0 Å². The maximum Gasteiger partial charge on any atom is 0.195 e. The number of nitrogens with one attached hydrogen (secondary N) is 1. The average Bonchev–Trinajstić information content (AvgIpc) is 2.71. The Kier molecular flexibility index (Phi) is 3.88. The van der Waals surface area contributed by atoms with Crippen LogP contribution in [0.4, 0.5) is 0 Å². The summed E-state index contributed by atoms with van der Waals surface area (Å²) in [7, 11) is 4.10. The van der Waals surface area contributed by atoms with Gasteiger partial charge in [0.1, 0.15) is 0 Å². The second-order valence-electron chi connectivity index (χ2n) is 4.57. The smallest absolute Gasteiger partial charge is 0.195 e. The molecule has 6 heteroatoms. The number of rotatable bonds is 4. The molecule has 0 saturated heterocycles. The van der Waals surface area contributed by atoms with Gasteiger partial charge in [0, 0.05) is 30.5 Å². The highest BCUT2D eigenvalue weighted by Gasteiger charge is 2.14. The molecule has 0 amide bonds. The zero-order valence-electron chi connectivity index (χ0n) is 10.8. The fourth-order valence-electron chi connectivity index (χ4n) is 2.03. The van der Waals surface area contributed by atoms with Crippen molar-refractivity contribution < 1.29 is 0 Å². The second-order valence-corrected chi connectivity index (χ2v) is 4.96. The van der Waals surface area contributed by atoms with Gasteiger partial charge in [-0.3, -0.25) is 14.6 Å². The summed E-state index contributed by atoms with van der Waals surface area (Å²) in [6.45, 7) is 3.04. The summed E-state index contributed by atoms with van der Waals surface area (Å²) in [5.41, 5.74) is 1.02. The molecular formula is C12H17N5S. The molecular weight excluding hydrogens is 246 g/mol. The lowest BCUT2D eigenvalue weighted by Crippen LogP contribution is -2.23. The molecule has 2 rings (SSSR count). The molecule has 0 aliphatic heterocycles. The second kappa shape index (κ2) is 5.41. The van der Waals surface area contributed by atoms with Crippen LogP contribution in [0.1, 0.15) is 13.0 Å². The zero-order chi connectivity index (χ0) is 13.1.